The molecule has 0 saturated heterocycles. The fourth-order valence-electron chi connectivity index (χ4n) is 2.99. The molecule has 1 amide bonds. The van der Waals surface area contributed by atoms with E-state index in [0.717, 1.165) is 38.3 Å². The summed E-state index contributed by atoms with van der Waals surface area (Å²) in [4.78, 5) is 14.7. The summed E-state index contributed by atoms with van der Waals surface area (Å²) >= 11 is 0. The molecule has 0 aliphatic heterocycles. The van der Waals surface area contributed by atoms with Crippen LogP contribution >= 0.6 is 0 Å². The van der Waals surface area contributed by atoms with Gasteiger partial charge in [-0.3, -0.25) is 9.69 Å². The van der Waals surface area contributed by atoms with E-state index in [0.29, 0.717) is 12.6 Å². The second-order valence-corrected chi connectivity index (χ2v) is 6.15. The number of hydrogen-bond donors (Lipinski definition) is 2. The van der Waals surface area contributed by atoms with Gasteiger partial charge in [0.2, 0.25) is 5.91 Å². The summed E-state index contributed by atoms with van der Waals surface area (Å²) in [5.41, 5.74) is 5.56. The van der Waals surface area contributed by atoms with Gasteiger partial charge in [-0.25, -0.2) is 0 Å². The van der Waals surface area contributed by atoms with E-state index in [1.807, 2.05) is 0 Å². The van der Waals surface area contributed by atoms with Crippen molar-refractivity contribution in [2.24, 2.45) is 11.1 Å². The lowest BCUT2D eigenvalue weighted by Gasteiger charge is -2.29. The van der Waals surface area contributed by atoms with Crippen LogP contribution in [0.4, 0.5) is 0 Å². The summed E-state index contributed by atoms with van der Waals surface area (Å²) in [5.74, 6) is 0.179. The first kappa shape index (κ1) is 13.8. The Bertz CT molecular complexity index is 295. The van der Waals surface area contributed by atoms with Crippen molar-refractivity contribution in [3.63, 3.8) is 0 Å². The molecule has 1 unspecified atom stereocenters. The predicted octanol–water partition coefficient (Wildman–Crippen LogP) is 1.10. The van der Waals surface area contributed by atoms with Crippen molar-refractivity contribution in [3.05, 3.63) is 0 Å². The van der Waals surface area contributed by atoms with Crippen LogP contribution in [-0.2, 0) is 4.79 Å². The summed E-state index contributed by atoms with van der Waals surface area (Å²) in [7, 11) is 2.16. The van der Waals surface area contributed by atoms with Crippen LogP contribution in [0.1, 0.15) is 45.4 Å². The lowest BCUT2D eigenvalue weighted by molar-refractivity contribution is -0.130. The van der Waals surface area contributed by atoms with E-state index in [1.165, 1.54) is 12.8 Å². The summed E-state index contributed by atoms with van der Waals surface area (Å²) in [6.45, 7) is 3.42. The molecule has 0 spiro atoms. The number of amides is 1. The molecule has 2 fully saturated rings. The largest absolute Gasteiger partial charge is 0.354 e. The molecule has 4 heteroatoms. The Hall–Kier alpha value is -0.610. The Morgan fingerprint density at radius 1 is 1.44 bits per heavy atom. The molecule has 2 aliphatic carbocycles. The van der Waals surface area contributed by atoms with Crippen molar-refractivity contribution in [2.75, 3.05) is 20.1 Å². The number of carbonyl (C=O) groups is 1. The zero-order valence-corrected chi connectivity index (χ0v) is 11.7. The number of nitrogens with two attached hydrogens (primary N) is 1. The fraction of sp³-hybridized carbons (Fsp3) is 0.929. The van der Waals surface area contributed by atoms with Gasteiger partial charge in [-0.1, -0.05) is 12.8 Å². The van der Waals surface area contributed by atoms with E-state index < -0.39 is 0 Å². The molecular weight excluding hydrogens is 226 g/mol. The fourth-order valence-corrected chi connectivity index (χ4v) is 2.99. The van der Waals surface area contributed by atoms with Gasteiger partial charge in [-0.2, -0.15) is 0 Å². The molecule has 0 bridgehead atoms. The van der Waals surface area contributed by atoms with Crippen molar-refractivity contribution in [3.8, 4) is 0 Å². The van der Waals surface area contributed by atoms with Gasteiger partial charge in [0.1, 0.15) is 0 Å². The molecule has 4 nitrogen and oxygen atoms in total. The Kier molecular flexibility index (Phi) is 4.28. The van der Waals surface area contributed by atoms with Gasteiger partial charge in [-0.15, -0.1) is 0 Å². The van der Waals surface area contributed by atoms with E-state index in [2.05, 4.69) is 24.2 Å². The highest BCUT2D eigenvalue weighted by Crippen LogP contribution is 2.37. The predicted molar refractivity (Wildman–Crippen MR) is 73.2 cm³/mol. The standard InChI is InChI=1S/C14H27N3O/c1-11(17(2)12-5-6-12)9-16-13(18)14(10-15)7-3-4-8-14/h11-12H,3-10,15H2,1-2H3,(H,16,18). The molecule has 0 radical (unpaired) electrons. The number of nitrogens with one attached hydrogen (secondary N) is 1. The Labute approximate surface area is 110 Å². The summed E-state index contributed by atoms with van der Waals surface area (Å²) in [6, 6.07) is 1.16. The molecule has 2 saturated carbocycles. The van der Waals surface area contributed by atoms with Crippen LogP contribution in [-0.4, -0.2) is 43.0 Å². The highest BCUT2D eigenvalue weighted by Gasteiger charge is 2.40. The second-order valence-electron chi connectivity index (χ2n) is 6.15. The van der Waals surface area contributed by atoms with Gasteiger partial charge in [-0.05, 0) is 39.7 Å². The first-order chi connectivity index (χ1) is 8.59. The van der Waals surface area contributed by atoms with Crippen LogP contribution in [0.15, 0.2) is 0 Å². The van der Waals surface area contributed by atoms with Crippen molar-refractivity contribution in [2.45, 2.75) is 57.5 Å². The number of hydrogen-bond acceptors (Lipinski definition) is 3. The molecule has 0 aromatic heterocycles. The van der Waals surface area contributed by atoms with Crippen LogP contribution in [0.3, 0.4) is 0 Å². The molecule has 2 rings (SSSR count). The summed E-state index contributed by atoms with van der Waals surface area (Å²) < 4.78 is 0. The minimum atomic E-state index is -0.266. The van der Waals surface area contributed by atoms with Gasteiger partial charge < -0.3 is 11.1 Å². The maximum Gasteiger partial charge on any atom is 0.227 e. The third-order valence-corrected chi connectivity index (χ3v) is 4.81. The maximum absolute atomic E-state index is 12.3. The van der Waals surface area contributed by atoms with E-state index in [4.69, 9.17) is 5.73 Å². The normalized spacial score (nSPS) is 24.2. The Morgan fingerprint density at radius 2 is 2.06 bits per heavy atom. The third-order valence-electron chi connectivity index (χ3n) is 4.81. The zero-order chi connectivity index (χ0) is 13.2. The van der Waals surface area contributed by atoms with Crippen molar-refractivity contribution in [1.29, 1.82) is 0 Å². The van der Waals surface area contributed by atoms with E-state index in [9.17, 15) is 4.79 Å². The molecular formula is C14H27N3O. The summed E-state index contributed by atoms with van der Waals surface area (Å²) in [6.07, 6.45) is 6.82. The van der Waals surface area contributed by atoms with Gasteiger partial charge in [0.15, 0.2) is 0 Å². The number of nitrogens with zero attached hydrogens (tertiary/aromatic N) is 1. The van der Waals surface area contributed by atoms with Crippen molar-refractivity contribution in [1.82, 2.24) is 10.2 Å². The van der Waals surface area contributed by atoms with E-state index in [1.54, 1.807) is 0 Å². The van der Waals surface area contributed by atoms with Crippen molar-refractivity contribution < 1.29 is 4.79 Å². The molecule has 18 heavy (non-hydrogen) atoms. The van der Waals surface area contributed by atoms with E-state index >= 15 is 0 Å². The highest BCUT2D eigenvalue weighted by molar-refractivity contribution is 5.83. The molecule has 0 aromatic carbocycles. The minimum absolute atomic E-state index is 0.179. The molecule has 3 N–H and O–H groups in total. The van der Waals surface area contributed by atoms with Gasteiger partial charge in [0.25, 0.3) is 0 Å². The average molecular weight is 253 g/mol. The van der Waals surface area contributed by atoms with Crippen LogP contribution < -0.4 is 11.1 Å². The molecule has 104 valence electrons. The Balaban J connectivity index is 1.79. The maximum atomic E-state index is 12.3. The third kappa shape index (κ3) is 2.86. The smallest absolute Gasteiger partial charge is 0.227 e. The topological polar surface area (TPSA) is 58.4 Å². The molecule has 0 aromatic rings. The van der Waals surface area contributed by atoms with Crippen molar-refractivity contribution >= 4 is 5.91 Å². The number of likely N-dealkylation sites (N-methyl/N-ethyl adjacent to an activating group) is 1. The lowest BCUT2D eigenvalue weighted by atomic mass is 9.85. The molecule has 0 heterocycles. The summed E-state index contributed by atoms with van der Waals surface area (Å²) in [5, 5.41) is 3.12. The highest BCUT2D eigenvalue weighted by atomic mass is 16.2. The lowest BCUT2D eigenvalue weighted by Crippen LogP contribution is -2.48. The van der Waals surface area contributed by atoms with Crippen LogP contribution in [0.5, 0.6) is 0 Å². The molecule has 2 aliphatic rings. The zero-order valence-electron chi connectivity index (χ0n) is 11.7. The van der Waals surface area contributed by atoms with Gasteiger partial charge >= 0.3 is 0 Å². The average Bonchev–Trinajstić information content (AvgIpc) is 3.12. The minimum Gasteiger partial charge on any atom is -0.354 e. The van der Waals surface area contributed by atoms with Crippen LogP contribution in [0.2, 0.25) is 0 Å². The first-order valence-electron chi connectivity index (χ1n) is 7.29. The quantitative estimate of drug-likeness (QED) is 0.745. The Morgan fingerprint density at radius 3 is 2.56 bits per heavy atom. The SMILES string of the molecule is CC(CNC(=O)C1(CN)CCCC1)N(C)C1CC1. The molecule has 1 atom stereocenters. The second kappa shape index (κ2) is 5.57. The first-order valence-corrected chi connectivity index (χ1v) is 7.29. The van der Waals surface area contributed by atoms with E-state index in [-0.39, 0.29) is 11.3 Å². The monoisotopic (exact) mass is 253 g/mol. The number of rotatable bonds is 6. The number of carbonyl (C=O) groups excluding carboxylic acids is 1. The van der Waals surface area contributed by atoms with Gasteiger partial charge in [0.05, 0.1) is 5.41 Å². The van der Waals surface area contributed by atoms with Crippen LogP contribution in [0, 0.1) is 5.41 Å². The van der Waals surface area contributed by atoms with Gasteiger partial charge in [0, 0.05) is 25.2 Å². The van der Waals surface area contributed by atoms with Crippen LogP contribution in [0.25, 0.3) is 0 Å².